The highest BCUT2D eigenvalue weighted by molar-refractivity contribution is 5.92. The van der Waals surface area contributed by atoms with Gasteiger partial charge in [0.05, 0.1) is 18.8 Å². The molecule has 1 saturated heterocycles. The molecule has 8 heteroatoms. The zero-order valence-electron chi connectivity index (χ0n) is 17.1. The maximum atomic E-state index is 12.1. The smallest absolute Gasteiger partial charge is 0.338 e. The molecule has 29 heavy (non-hydrogen) atoms. The summed E-state index contributed by atoms with van der Waals surface area (Å²) in [6, 6.07) is 5.71. The molecule has 0 unspecified atom stereocenters. The molecule has 1 aromatic rings. The van der Waals surface area contributed by atoms with Crippen molar-refractivity contribution in [2.75, 3.05) is 26.9 Å². The van der Waals surface area contributed by atoms with Crippen LogP contribution in [0, 0.1) is 5.92 Å². The average molecular weight is 407 g/mol. The summed E-state index contributed by atoms with van der Waals surface area (Å²) in [5, 5.41) is 2.54. The van der Waals surface area contributed by atoms with Crippen LogP contribution in [0.1, 0.15) is 43.5 Å². The normalized spacial score (nSPS) is 16.9. The van der Waals surface area contributed by atoms with Gasteiger partial charge in [0.2, 0.25) is 0 Å². The van der Waals surface area contributed by atoms with Gasteiger partial charge in [0.1, 0.15) is 18.4 Å². The predicted molar refractivity (Wildman–Crippen MR) is 105 cm³/mol. The van der Waals surface area contributed by atoms with Crippen LogP contribution in [0.5, 0.6) is 5.75 Å². The van der Waals surface area contributed by atoms with Gasteiger partial charge in [-0.2, -0.15) is 0 Å². The summed E-state index contributed by atoms with van der Waals surface area (Å²) in [4.78, 5) is 35.9. The van der Waals surface area contributed by atoms with Gasteiger partial charge < -0.3 is 24.3 Å². The van der Waals surface area contributed by atoms with Gasteiger partial charge >= 0.3 is 11.9 Å². The number of methoxy groups -OCH3 is 1. The maximum Gasteiger partial charge on any atom is 0.338 e. The van der Waals surface area contributed by atoms with E-state index in [0.29, 0.717) is 24.3 Å². The molecule has 1 N–H and O–H groups in total. The number of nitrogens with one attached hydrogen (secondary N) is 1. The Morgan fingerprint density at radius 2 is 1.93 bits per heavy atom. The summed E-state index contributed by atoms with van der Waals surface area (Å²) in [7, 11) is 1.26. The zero-order chi connectivity index (χ0) is 21.2. The molecule has 0 spiro atoms. The van der Waals surface area contributed by atoms with Crippen LogP contribution in [0.3, 0.4) is 0 Å². The second-order valence-corrected chi connectivity index (χ2v) is 7.32. The van der Waals surface area contributed by atoms with Gasteiger partial charge in [0.15, 0.2) is 6.61 Å². The van der Waals surface area contributed by atoms with Crippen molar-refractivity contribution in [3.63, 3.8) is 0 Å². The Kier molecular flexibility index (Phi) is 8.92. The minimum Gasteiger partial charge on any atom is -0.491 e. The van der Waals surface area contributed by atoms with E-state index < -0.39 is 30.5 Å². The Morgan fingerprint density at radius 1 is 1.21 bits per heavy atom. The van der Waals surface area contributed by atoms with Crippen LogP contribution in [-0.2, 0) is 23.8 Å². The minimum absolute atomic E-state index is 0.114. The van der Waals surface area contributed by atoms with Crippen molar-refractivity contribution in [1.82, 2.24) is 5.32 Å². The molecule has 1 amide bonds. The number of esters is 2. The Morgan fingerprint density at radius 3 is 2.52 bits per heavy atom. The second kappa shape index (κ2) is 11.4. The summed E-state index contributed by atoms with van der Waals surface area (Å²) in [6.07, 6.45) is 2.58. The van der Waals surface area contributed by atoms with Crippen molar-refractivity contribution in [1.29, 1.82) is 0 Å². The second-order valence-electron chi connectivity index (χ2n) is 7.32. The molecule has 1 fully saturated rings. The highest BCUT2D eigenvalue weighted by atomic mass is 16.5. The number of amides is 1. The summed E-state index contributed by atoms with van der Waals surface area (Å²) in [6.45, 7) is 4.61. The van der Waals surface area contributed by atoms with Gasteiger partial charge in [-0.1, -0.05) is 13.8 Å². The van der Waals surface area contributed by atoms with Crippen molar-refractivity contribution in [2.24, 2.45) is 5.92 Å². The summed E-state index contributed by atoms with van der Waals surface area (Å²) < 4.78 is 20.9. The van der Waals surface area contributed by atoms with Crippen LogP contribution < -0.4 is 10.1 Å². The van der Waals surface area contributed by atoms with E-state index in [4.69, 9.17) is 18.9 Å². The van der Waals surface area contributed by atoms with Crippen molar-refractivity contribution in [3.8, 4) is 5.75 Å². The van der Waals surface area contributed by atoms with E-state index in [0.717, 1.165) is 19.4 Å². The van der Waals surface area contributed by atoms with Crippen LogP contribution in [-0.4, -0.2) is 56.9 Å². The van der Waals surface area contributed by atoms with Gasteiger partial charge in [-0.3, -0.25) is 4.79 Å². The van der Waals surface area contributed by atoms with Crippen LogP contribution in [0.4, 0.5) is 0 Å². The fraction of sp³-hybridized carbons (Fsp3) is 0.571. The number of ether oxygens (including phenoxy) is 4. The monoisotopic (exact) mass is 407 g/mol. The molecule has 0 radical (unpaired) electrons. The van der Waals surface area contributed by atoms with Crippen LogP contribution >= 0.6 is 0 Å². The topological polar surface area (TPSA) is 100 Å². The summed E-state index contributed by atoms with van der Waals surface area (Å²) >= 11 is 0. The maximum absolute atomic E-state index is 12.1. The third kappa shape index (κ3) is 7.73. The van der Waals surface area contributed by atoms with Crippen molar-refractivity contribution >= 4 is 17.8 Å². The van der Waals surface area contributed by atoms with E-state index in [2.05, 4.69) is 5.32 Å². The van der Waals surface area contributed by atoms with Crippen molar-refractivity contribution < 1.29 is 33.3 Å². The number of carbonyl (C=O) groups excluding carboxylic acids is 3. The Bertz CT molecular complexity index is 681. The molecule has 0 aliphatic carbocycles. The lowest BCUT2D eigenvalue weighted by Gasteiger charge is -2.18. The van der Waals surface area contributed by atoms with E-state index in [1.807, 2.05) is 13.8 Å². The molecule has 0 saturated carbocycles. The lowest BCUT2D eigenvalue weighted by atomic mass is 10.0. The Labute approximate surface area is 170 Å². The van der Waals surface area contributed by atoms with Crippen LogP contribution in [0.2, 0.25) is 0 Å². The standard InChI is InChI=1S/C21H29NO7/c1-14(2)11-18(21(25)26-3)22-19(23)13-29-20(24)15-6-8-16(9-7-15)28-12-17-5-4-10-27-17/h6-9,14,17-18H,4-5,10-13H2,1-3H3,(H,22,23)/t17-,18-/m1/s1. The number of carbonyl (C=O) groups is 3. The number of benzene rings is 1. The molecule has 160 valence electrons. The first kappa shape index (κ1) is 22.7. The van der Waals surface area contributed by atoms with E-state index in [1.165, 1.54) is 7.11 Å². The first-order valence-corrected chi connectivity index (χ1v) is 9.77. The molecule has 1 aliphatic heterocycles. The summed E-state index contributed by atoms with van der Waals surface area (Å²) in [5.74, 6) is -0.917. The molecule has 1 heterocycles. The van der Waals surface area contributed by atoms with Gasteiger partial charge in [-0.25, -0.2) is 9.59 Å². The highest BCUT2D eigenvalue weighted by Gasteiger charge is 2.23. The SMILES string of the molecule is COC(=O)[C@@H](CC(C)C)NC(=O)COC(=O)c1ccc(OC[C@H]2CCCO2)cc1. The largest absolute Gasteiger partial charge is 0.491 e. The Hall–Kier alpha value is -2.61. The van der Waals surface area contributed by atoms with Gasteiger partial charge in [0, 0.05) is 6.61 Å². The van der Waals surface area contributed by atoms with E-state index in [-0.39, 0.29) is 12.0 Å². The Balaban J connectivity index is 1.78. The van der Waals surface area contributed by atoms with Gasteiger partial charge in [0.25, 0.3) is 5.91 Å². The van der Waals surface area contributed by atoms with E-state index in [9.17, 15) is 14.4 Å². The van der Waals surface area contributed by atoms with E-state index in [1.54, 1.807) is 24.3 Å². The molecule has 8 nitrogen and oxygen atoms in total. The lowest BCUT2D eigenvalue weighted by Crippen LogP contribution is -2.44. The number of hydrogen-bond donors (Lipinski definition) is 1. The minimum atomic E-state index is -0.772. The molecule has 0 bridgehead atoms. The number of rotatable bonds is 10. The molecular weight excluding hydrogens is 378 g/mol. The first-order chi connectivity index (χ1) is 13.9. The fourth-order valence-corrected chi connectivity index (χ4v) is 2.93. The first-order valence-electron chi connectivity index (χ1n) is 9.77. The zero-order valence-corrected chi connectivity index (χ0v) is 17.1. The third-order valence-electron chi connectivity index (χ3n) is 4.41. The van der Waals surface area contributed by atoms with Crippen molar-refractivity contribution in [3.05, 3.63) is 29.8 Å². The molecule has 1 aliphatic rings. The van der Waals surface area contributed by atoms with Crippen LogP contribution in [0.15, 0.2) is 24.3 Å². The van der Waals surface area contributed by atoms with Gasteiger partial charge in [-0.15, -0.1) is 0 Å². The molecule has 1 aromatic carbocycles. The molecule has 2 rings (SSSR count). The summed E-state index contributed by atoms with van der Waals surface area (Å²) in [5.41, 5.74) is 0.300. The molecule has 0 aromatic heterocycles. The predicted octanol–water partition coefficient (Wildman–Crippen LogP) is 2.11. The van der Waals surface area contributed by atoms with Crippen LogP contribution in [0.25, 0.3) is 0 Å². The number of hydrogen-bond acceptors (Lipinski definition) is 7. The fourth-order valence-electron chi connectivity index (χ4n) is 2.93. The third-order valence-corrected chi connectivity index (χ3v) is 4.41. The van der Waals surface area contributed by atoms with Crippen molar-refractivity contribution in [2.45, 2.75) is 45.3 Å². The quantitative estimate of drug-likeness (QED) is 0.593. The highest BCUT2D eigenvalue weighted by Crippen LogP contribution is 2.17. The average Bonchev–Trinajstić information content (AvgIpc) is 3.23. The molecular formula is C21H29NO7. The van der Waals surface area contributed by atoms with Gasteiger partial charge in [-0.05, 0) is 49.4 Å². The lowest BCUT2D eigenvalue weighted by molar-refractivity contribution is -0.145. The van der Waals surface area contributed by atoms with E-state index >= 15 is 0 Å². The molecule has 2 atom stereocenters.